The minimum absolute atomic E-state index is 0.170. The third-order valence-corrected chi connectivity index (χ3v) is 15.6. The third-order valence-electron chi connectivity index (χ3n) is 15.6. The van der Waals surface area contributed by atoms with E-state index in [4.69, 9.17) is 9.47 Å². The average molecular weight is 1020 g/mol. The fourth-order valence-electron chi connectivity index (χ4n) is 10.6. The van der Waals surface area contributed by atoms with Crippen LogP contribution in [0.1, 0.15) is 328 Å². The van der Waals surface area contributed by atoms with Gasteiger partial charge in [-0.05, 0) is 19.3 Å². The molecule has 9 heteroatoms. The average Bonchev–Trinajstić information content (AvgIpc) is 3.38. The number of ether oxygens (including phenoxy) is 2. The summed E-state index contributed by atoms with van der Waals surface area (Å²) in [5, 5.41) is 54.5. The molecule has 1 amide bonds. The lowest BCUT2D eigenvalue weighted by atomic mass is 9.99. The summed E-state index contributed by atoms with van der Waals surface area (Å²) < 4.78 is 11.3. The van der Waals surface area contributed by atoms with E-state index in [1.54, 1.807) is 6.08 Å². The Morgan fingerprint density at radius 1 is 0.458 bits per heavy atom. The highest BCUT2D eigenvalue weighted by Crippen LogP contribution is 2.23. The van der Waals surface area contributed by atoms with E-state index >= 15 is 0 Å². The van der Waals surface area contributed by atoms with Crippen LogP contribution in [0.3, 0.4) is 0 Å². The van der Waals surface area contributed by atoms with E-state index in [9.17, 15) is 30.3 Å². The van der Waals surface area contributed by atoms with Gasteiger partial charge in [0, 0.05) is 6.42 Å². The number of amides is 1. The van der Waals surface area contributed by atoms with Crippen molar-refractivity contribution in [2.45, 2.75) is 371 Å². The molecule has 1 heterocycles. The van der Waals surface area contributed by atoms with Gasteiger partial charge in [-0.3, -0.25) is 4.79 Å². The predicted molar refractivity (Wildman–Crippen MR) is 304 cm³/mol. The van der Waals surface area contributed by atoms with Gasteiger partial charge in [-0.15, -0.1) is 0 Å². The van der Waals surface area contributed by atoms with Gasteiger partial charge >= 0.3 is 0 Å². The molecule has 7 unspecified atom stereocenters. The summed E-state index contributed by atoms with van der Waals surface area (Å²) in [6.07, 6.45) is 60.3. The van der Waals surface area contributed by atoms with Gasteiger partial charge in [-0.1, -0.05) is 315 Å². The summed E-state index contributed by atoms with van der Waals surface area (Å²) in [4.78, 5) is 13.1. The number of carbonyl (C=O) groups is 1. The second-order valence-corrected chi connectivity index (χ2v) is 22.6. The van der Waals surface area contributed by atoms with Crippen LogP contribution in [-0.2, 0) is 14.3 Å². The number of aliphatic hydroxyl groups is 5. The molecule has 72 heavy (non-hydrogen) atoms. The second kappa shape index (κ2) is 53.3. The van der Waals surface area contributed by atoms with Crippen molar-refractivity contribution in [1.29, 1.82) is 0 Å². The summed E-state index contributed by atoms with van der Waals surface area (Å²) in [7, 11) is 0. The van der Waals surface area contributed by atoms with Gasteiger partial charge in [0.2, 0.25) is 5.91 Å². The highest BCUT2D eigenvalue weighted by molar-refractivity contribution is 5.76. The van der Waals surface area contributed by atoms with Crippen molar-refractivity contribution < 1.29 is 39.8 Å². The van der Waals surface area contributed by atoms with Gasteiger partial charge in [0.05, 0.1) is 25.4 Å². The Morgan fingerprint density at radius 3 is 1.08 bits per heavy atom. The monoisotopic (exact) mass is 1020 g/mol. The van der Waals surface area contributed by atoms with E-state index in [1.165, 1.54) is 270 Å². The van der Waals surface area contributed by atoms with Crippen molar-refractivity contribution in [3.05, 3.63) is 12.2 Å². The lowest BCUT2D eigenvalue weighted by Crippen LogP contribution is -2.60. The minimum Gasteiger partial charge on any atom is -0.394 e. The molecule has 0 aromatic carbocycles. The van der Waals surface area contributed by atoms with Crippen molar-refractivity contribution in [2.24, 2.45) is 0 Å². The Balaban J connectivity index is 2.05. The van der Waals surface area contributed by atoms with Crippen LogP contribution in [0.2, 0.25) is 0 Å². The normalized spacial score (nSPS) is 19.1. The summed E-state index contributed by atoms with van der Waals surface area (Å²) >= 11 is 0. The van der Waals surface area contributed by atoms with Crippen LogP contribution in [0, 0.1) is 0 Å². The lowest BCUT2D eigenvalue weighted by molar-refractivity contribution is -0.302. The molecule has 0 saturated carbocycles. The van der Waals surface area contributed by atoms with Crippen LogP contribution in [0.5, 0.6) is 0 Å². The number of unbranched alkanes of at least 4 members (excludes halogenated alkanes) is 46. The first-order valence-electron chi connectivity index (χ1n) is 31.9. The fraction of sp³-hybridized carbons (Fsp3) is 0.952. The fourth-order valence-corrected chi connectivity index (χ4v) is 10.6. The van der Waals surface area contributed by atoms with Crippen molar-refractivity contribution in [1.82, 2.24) is 5.32 Å². The van der Waals surface area contributed by atoms with Crippen LogP contribution in [-0.4, -0.2) is 87.5 Å². The van der Waals surface area contributed by atoms with E-state index in [0.717, 1.165) is 38.5 Å². The SMILES string of the molecule is CCCCCCCCCCCCCC/C=C/C(O)C(COC1OC(CO)C(O)C(O)C1O)NC(=O)CCCCCCCCCCCCCCCCCCCCCCCCCCCCCCCCCCCCC. The molecule has 0 spiro atoms. The zero-order valence-corrected chi connectivity index (χ0v) is 47.7. The maximum atomic E-state index is 13.1. The Morgan fingerprint density at radius 2 is 0.764 bits per heavy atom. The molecular formula is C63H123NO8. The number of hydrogen-bond donors (Lipinski definition) is 6. The van der Waals surface area contributed by atoms with Crippen molar-refractivity contribution >= 4 is 5.91 Å². The van der Waals surface area contributed by atoms with E-state index in [2.05, 4.69) is 19.2 Å². The van der Waals surface area contributed by atoms with Crippen molar-refractivity contribution in [3.8, 4) is 0 Å². The third kappa shape index (κ3) is 42.1. The highest BCUT2D eigenvalue weighted by Gasteiger charge is 2.44. The number of hydrogen-bond acceptors (Lipinski definition) is 8. The maximum absolute atomic E-state index is 13.1. The zero-order valence-electron chi connectivity index (χ0n) is 47.7. The van der Waals surface area contributed by atoms with E-state index in [0.29, 0.717) is 6.42 Å². The molecule has 0 bridgehead atoms. The van der Waals surface area contributed by atoms with Crippen LogP contribution in [0.4, 0.5) is 0 Å². The van der Waals surface area contributed by atoms with Gasteiger partial charge in [0.25, 0.3) is 0 Å². The molecule has 1 fully saturated rings. The standard InChI is InChI=1S/C63H123NO8/c1-3-5-7-9-11-13-15-17-19-20-21-22-23-24-25-26-27-28-29-30-31-32-33-34-35-36-37-38-39-41-43-45-47-49-51-53-59(67)64-56(55-71-63-62(70)61(69)60(68)58(54-65)72-63)57(66)52-50-48-46-44-42-40-18-16-14-12-10-8-6-4-2/h50,52,56-58,60-63,65-66,68-70H,3-49,51,53-55H2,1-2H3,(H,64,67)/b52-50+. The van der Waals surface area contributed by atoms with Crippen LogP contribution in [0.25, 0.3) is 0 Å². The van der Waals surface area contributed by atoms with E-state index in [-0.39, 0.29) is 12.5 Å². The van der Waals surface area contributed by atoms with E-state index in [1.807, 2.05) is 6.08 Å². The van der Waals surface area contributed by atoms with Gasteiger partial charge < -0.3 is 40.3 Å². The van der Waals surface area contributed by atoms with Crippen LogP contribution < -0.4 is 5.32 Å². The van der Waals surface area contributed by atoms with Gasteiger partial charge in [0.1, 0.15) is 24.4 Å². The number of nitrogens with one attached hydrogen (secondary N) is 1. The van der Waals surface area contributed by atoms with Crippen molar-refractivity contribution in [3.63, 3.8) is 0 Å². The molecule has 1 saturated heterocycles. The van der Waals surface area contributed by atoms with Crippen LogP contribution in [0.15, 0.2) is 12.2 Å². The van der Waals surface area contributed by atoms with E-state index < -0.39 is 49.5 Å². The molecule has 1 rings (SSSR count). The Bertz CT molecular complexity index is 1140. The highest BCUT2D eigenvalue weighted by atomic mass is 16.7. The van der Waals surface area contributed by atoms with Gasteiger partial charge in [0.15, 0.2) is 6.29 Å². The first kappa shape index (κ1) is 68.9. The minimum atomic E-state index is -1.56. The predicted octanol–water partition coefficient (Wildman–Crippen LogP) is 16.4. The largest absolute Gasteiger partial charge is 0.394 e. The first-order chi connectivity index (χ1) is 35.3. The summed E-state index contributed by atoms with van der Waals surface area (Å²) in [6.45, 7) is 3.82. The van der Waals surface area contributed by atoms with Crippen LogP contribution >= 0.6 is 0 Å². The molecule has 428 valence electrons. The molecule has 0 aromatic rings. The second-order valence-electron chi connectivity index (χ2n) is 22.6. The zero-order chi connectivity index (χ0) is 52.2. The first-order valence-corrected chi connectivity index (χ1v) is 31.9. The molecule has 7 atom stereocenters. The Hall–Kier alpha value is -1.07. The molecule has 0 aromatic heterocycles. The molecule has 6 N–H and O–H groups in total. The Kier molecular flexibility index (Phi) is 51.1. The topological polar surface area (TPSA) is 149 Å². The van der Waals surface area contributed by atoms with Gasteiger partial charge in [-0.2, -0.15) is 0 Å². The maximum Gasteiger partial charge on any atom is 0.220 e. The summed E-state index contributed by atoms with van der Waals surface area (Å²) in [6, 6.07) is -0.800. The number of carbonyl (C=O) groups excluding carboxylic acids is 1. The summed E-state index contributed by atoms with van der Waals surface area (Å²) in [5.41, 5.74) is 0. The molecule has 9 nitrogen and oxygen atoms in total. The molecule has 1 aliphatic heterocycles. The molecule has 0 radical (unpaired) electrons. The van der Waals surface area contributed by atoms with Gasteiger partial charge in [-0.25, -0.2) is 0 Å². The molecule has 0 aliphatic carbocycles. The summed E-state index contributed by atoms with van der Waals surface area (Å²) in [5.74, 6) is -0.170. The van der Waals surface area contributed by atoms with Crippen molar-refractivity contribution in [2.75, 3.05) is 13.2 Å². The quantitative estimate of drug-likeness (QED) is 0.0261. The number of rotatable bonds is 56. The lowest BCUT2D eigenvalue weighted by Gasteiger charge is -2.40. The molecular weight excluding hydrogens is 899 g/mol. The smallest absolute Gasteiger partial charge is 0.220 e. The molecule has 1 aliphatic rings. The Labute approximate surface area is 446 Å². The number of aliphatic hydroxyl groups excluding tert-OH is 5. The number of allylic oxidation sites excluding steroid dienone is 1.